The van der Waals surface area contributed by atoms with Crippen molar-refractivity contribution < 1.29 is 13.2 Å². The molecule has 2 N–H and O–H groups in total. The van der Waals surface area contributed by atoms with E-state index in [0.717, 1.165) is 5.69 Å². The van der Waals surface area contributed by atoms with E-state index in [1.165, 1.54) is 4.68 Å². The van der Waals surface area contributed by atoms with Crippen LogP contribution in [0.1, 0.15) is 30.3 Å². The molecular weight excluding hydrogens is 207 g/mol. The van der Waals surface area contributed by atoms with E-state index in [-0.39, 0.29) is 6.42 Å². The van der Waals surface area contributed by atoms with Crippen LogP contribution >= 0.6 is 0 Å². The fraction of sp³-hybridized carbons (Fsp3) is 0.667. The fourth-order valence-corrected chi connectivity index (χ4v) is 1.44. The quantitative estimate of drug-likeness (QED) is 0.849. The van der Waals surface area contributed by atoms with Gasteiger partial charge >= 0.3 is 6.18 Å². The molecule has 0 fully saturated rings. The lowest BCUT2D eigenvalue weighted by atomic mass is 10.1. The van der Waals surface area contributed by atoms with Crippen molar-refractivity contribution in [3.05, 3.63) is 17.5 Å². The van der Waals surface area contributed by atoms with E-state index in [2.05, 4.69) is 5.10 Å². The summed E-state index contributed by atoms with van der Waals surface area (Å²) >= 11 is 0. The van der Waals surface area contributed by atoms with Gasteiger partial charge in [0.2, 0.25) is 0 Å². The Balaban J connectivity index is 2.61. The van der Waals surface area contributed by atoms with Gasteiger partial charge in [0.15, 0.2) is 0 Å². The Bertz CT molecular complexity index is 330. The molecule has 0 aromatic carbocycles. The van der Waals surface area contributed by atoms with E-state index in [9.17, 15) is 13.2 Å². The summed E-state index contributed by atoms with van der Waals surface area (Å²) in [6.45, 7) is 1.78. The molecule has 3 nitrogen and oxygen atoms in total. The summed E-state index contributed by atoms with van der Waals surface area (Å²) in [6, 6.07) is 1.10. The summed E-state index contributed by atoms with van der Waals surface area (Å²) in [6.07, 6.45) is -5.12. The van der Waals surface area contributed by atoms with Gasteiger partial charge in [0.1, 0.15) is 0 Å². The predicted octanol–water partition coefficient (Wildman–Crippen LogP) is 2.07. The molecular formula is C9H14F3N3. The summed E-state index contributed by atoms with van der Waals surface area (Å²) in [5, 5.41) is 4.03. The van der Waals surface area contributed by atoms with Crippen molar-refractivity contribution in [2.75, 3.05) is 0 Å². The van der Waals surface area contributed by atoms with Crippen molar-refractivity contribution >= 4 is 0 Å². The maximum atomic E-state index is 12.0. The van der Waals surface area contributed by atoms with Gasteiger partial charge in [-0.3, -0.25) is 4.68 Å². The van der Waals surface area contributed by atoms with E-state index in [4.69, 9.17) is 5.73 Å². The van der Waals surface area contributed by atoms with Crippen molar-refractivity contribution in [3.8, 4) is 0 Å². The number of halogens is 3. The summed E-state index contributed by atoms with van der Waals surface area (Å²) in [7, 11) is 1.68. The Hall–Kier alpha value is -1.04. The summed E-state index contributed by atoms with van der Waals surface area (Å²) < 4.78 is 37.4. The first-order chi connectivity index (χ1) is 6.79. The molecule has 1 atom stereocenters. The first-order valence-corrected chi connectivity index (χ1v) is 4.62. The molecule has 0 spiro atoms. The molecule has 0 aliphatic rings. The van der Waals surface area contributed by atoms with Crippen LogP contribution < -0.4 is 5.73 Å². The first kappa shape index (κ1) is 12.0. The van der Waals surface area contributed by atoms with Gasteiger partial charge in [0.05, 0.1) is 11.4 Å². The standard InChI is InChI=1S/C9H14F3N3/c1-6-5-8(15(2)14-6)7(13)3-4-9(10,11)12/h5,7H,3-4,13H2,1-2H3. The first-order valence-electron chi connectivity index (χ1n) is 4.62. The molecule has 0 aliphatic carbocycles. The molecule has 1 rings (SSSR count). The SMILES string of the molecule is Cc1cc(C(N)CCC(F)(F)F)n(C)n1. The molecule has 1 aromatic heterocycles. The van der Waals surface area contributed by atoms with Crippen LogP contribution in [0.4, 0.5) is 13.2 Å². The number of hydrogen-bond acceptors (Lipinski definition) is 2. The zero-order valence-corrected chi connectivity index (χ0v) is 8.67. The lowest BCUT2D eigenvalue weighted by Crippen LogP contribution is -2.18. The van der Waals surface area contributed by atoms with Gasteiger partial charge in [0, 0.05) is 19.5 Å². The highest BCUT2D eigenvalue weighted by molar-refractivity contribution is 5.12. The zero-order valence-electron chi connectivity index (χ0n) is 8.67. The molecule has 1 heterocycles. The number of aromatic nitrogens is 2. The topological polar surface area (TPSA) is 43.8 Å². The lowest BCUT2D eigenvalue weighted by molar-refractivity contribution is -0.136. The van der Waals surface area contributed by atoms with E-state index < -0.39 is 18.6 Å². The van der Waals surface area contributed by atoms with Crippen LogP contribution in [0.5, 0.6) is 0 Å². The molecule has 6 heteroatoms. The van der Waals surface area contributed by atoms with Gasteiger partial charge < -0.3 is 5.73 Å². The van der Waals surface area contributed by atoms with Gasteiger partial charge in [-0.25, -0.2) is 0 Å². The van der Waals surface area contributed by atoms with Crippen LogP contribution in [0, 0.1) is 6.92 Å². The smallest absolute Gasteiger partial charge is 0.323 e. The molecule has 0 amide bonds. The second kappa shape index (κ2) is 4.22. The molecule has 1 unspecified atom stereocenters. The zero-order chi connectivity index (χ0) is 11.6. The van der Waals surface area contributed by atoms with Crippen LogP contribution in [-0.2, 0) is 7.05 Å². The van der Waals surface area contributed by atoms with Crippen LogP contribution in [0.15, 0.2) is 6.07 Å². The number of nitrogens with zero attached hydrogens (tertiary/aromatic N) is 2. The van der Waals surface area contributed by atoms with Crippen molar-refractivity contribution in [1.82, 2.24) is 9.78 Å². The summed E-state index contributed by atoms with van der Waals surface area (Å²) in [4.78, 5) is 0. The van der Waals surface area contributed by atoms with Gasteiger partial charge in [-0.2, -0.15) is 18.3 Å². The second-order valence-corrected chi connectivity index (χ2v) is 3.59. The Kier molecular flexibility index (Phi) is 3.38. The van der Waals surface area contributed by atoms with Gasteiger partial charge in [0.25, 0.3) is 0 Å². The molecule has 0 saturated carbocycles. The Morgan fingerprint density at radius 2 is 2.13 bits per heavy atom. The third-order valence-corrected chi connectivity index (χ3v) is 2.16. The molecule has 15 heavy (non-hydrogen) atoms. The van der Waals surface area contributed by atoms with E-state index >= 15 is 0 Å². The van der Waals surface area contributed by atoms with E-state index in [1.54, 1.807) is 20.0 Å². The van der Waals surface area contributed by atoms with Crippen LogP contribution in [0.2, 0.25) is 0 Å². The minimum Gasteiger partial charge on any atom is -0.323 e. The maximum absolute atomic E-state index is 12.0. The minimum atomic E-state index is -4.15. The average molecular weight is 221 g/mol. The van der Waals surface area contributed by atoms with Crippen LogP contribution in [0.25, 0.3) is 0 Å². The summed E-state index contributed by atoms with van der Waals surface area (Å²) in [5.41, 5.74) is 7.05. The normalized spacial score (nSPS) is 14.3. The van der Waals surface area contributed by atoms with Crippen molar-refractivity contribution in [1.29, 1.82) is 0 Å². The highest BCUT2D eigenvalue weighted by Crippen LogP contribution is 2.26. The number of nitrogens with two attached hydrogens (primary N) is 1. The number of alkyl halides is 3. The van der Waals surface area contributed by atoms with E-state index in [0.29, 0.717) is 5.69 Å². The number of aryl methyl sites for hydroxylation is 2. The fourth-order valence-electron chi connectivity index (χ4n) is 1.44. The summed E-state index contributed by atoms with van der Waals surface area (Å²) in [5.74, 6) is 0. The third kappa shape index (κ3) is 3.54. The number of rotatable bonds is 3. The molecule has 86 valence electrons. The Labute approximate surface area is 86.1 Å². The highest BCUT2D eigenvalue weighted by atomic mass is 19.4. The monoisotopic (exact) mass is 221 g/mol. The predicted molar refractivity (Wildman–Crippen MR) is 50.2 cm³/mol. The van der Waals surface area contributed by atoms with Gasteiger partial charge in [-0.15, -0.1) is 0 Å². The minimum absolute atomic E-state index is 0.109. The number of hydrogen-bond donors (Lipinski definition) is 1. The molecule has 0 radical (unpaired) electrons. The van der Waals surface area contributed by atoms with Crippen LogP contribution in [0.3, 0.4) is 0 Å². The van der Waals surface area contributed by atoms with Crippen molar-refractivity contribution in [3.63, 3.8) is 0 Å². The van der Waals surface area contributed by atoms with Gasteiger partial charge in [-0.1, -0.05) is 0 Å². The third-order valence-electron chi connectivity index (χ3n) is 2.16. The molecule has 0 bridgehead atoms. The Morgan fingerprint density at radius 3 is 2.53 bits per heavy atom. The van der Waals surface area contributed by atoms with E-state index in [1.807, 2.05) is 0 Å². The second-order valence-electron chi connectivity index (χ2n) is 3.59. The Morgan fingerprint density at radius 1 is 1.53 bits per heavy atom. The molecule has 0 aliphatic heterocycles. The van der Waals surface area contributed by atoms with Crippen molar-refractivity contribution in [2.45, 2.75) is 32.0 Å². The molecule has 1 aromatic rings. The van der Waals surface area contributed by atoms with Gasteiger partial charge in [-0.05, 0) is 19.4 Å². The van der Waals surface area contributed by atoms with Crippen molar-refractivity contribution in [2.24, 2.45) is 12.8 Å². The maximum Gasteiger partial charge on any atom is 0.389 e. The highest BCUT2D eigenvalue weighted by Gasteiger charge is 2.28. The largest absolute Gasteiger partial charge is 0.389 e. The lowest BCUT2D eigenvalue weighted by Gasteiger charge is -2.13. The van der Waals surface area contributed by atoms with Crippen LogP contribution in [-0.4, -0.2) is 16.0 Å². The molecule has 0 saturated heterocycles. The average Bonchev–Trinajstić information content (AvgIpc) is 2.40.